The van der Waals surface area contributed by atoms with E-state index in [0.29, 0.717) is 28.7 Å². The largest absolute Gasteiger partial charge is 0.497 e. The molecule has 0 bridgehead atoms. The summed E-state index contributed by atoms with van der Waals surface area (Å²) in [6.07, 6.45) is 6.39. The number of fused-ring (bicyclic) bond motifs is 1. The quantitative estimate of drug-likeness (QED) is 0.562. The summed E-state index contributed by atoms with van der Waals surface area (Å²) in [4.78, 5) is 29.8. The second kappa shape index (κ2) is 10.5. The number of nitrogens with zero attached hydrogens (tertiary/aromatic N) is 1. The van der Waals surface area contributed by atoms with Crippen LogP contribution >= 0.6 is 11.3 Å². The molecule has 6 nitrogen and oxygen atoms in total. The molecular weight excluding hydrogens is 446 g/mol. The number of carbonyl (C=O) groups excluding carboxylic acids is 2. The van der Waals surface area contributed by atoms with Gasteiger partial charge in [-0.2, -0.15) is 0 Å². The molecule has 1 atom stereocenters. The summed E-state index contributed by atoms with van der Waals surface area (Å²) in [6, 6.07) is 7.32. The zero-order valence-electron chi connectivity index (χ0n) is 20.8. The highest BCUT2D eigenvalue weighted by molar-refractivity contribution is 7.17. The number of likely N-dealkylation sites (tertiary alicyclic amines) is 1. The molecule has 2 aromatic rings. The van der Waals surface area contributed by atoms with E-state index < -0.39 is 0 Å². The molecule has 1 fully saturated rings. The summed E-state index contributed by atoms with van der Waals surface area (Å²) in [5.74, 6) is 1.11. The lowest BCUT2D eigenvalue weighted by molar-refractivity contribution is -0.117. The highest BCUT2D eigenvalue weighted by Gasteiger charge is 2.34. The molecule has 1 aromatic heterocycles. The van der Waals surface area contributed by atoms with Crippen LogP contribution in [0.15, 0.2) is 24.3 Å². The summed E-state index contributed by atoms with van der Waals surface area (Å²) in [7, 11) is 1.62. The summed E-state index contributed by atoms with van der Waals surface area (Å²) < 4.78 is 5.22. The van der Waals surface area contributed by atoms with Crippen molar-refractivity contribution in [2.45, 2.75) is 59.3 Å². The summed E-state index contributed by atoms with van der Waals surface area (Å²) in [5, 5.41) is 6.83. The Balaban J connectivity index is 1.57. The van der Waals surface area contributed by atoms with Crippen molar-refractivity contribution < 1.29 is 14.3 Å². The second-order valence-electron chi connectivity index (χ2n) is 10.6. The van der Waals surface area contributed by atoms with Crippen molar-refractivity contribution in [3.05, 3.63) is 40.3 Å². The third-order valence-corrected chi connectivity index (χ3v) is 8.30. The monoisotopic (exact) mass is 483 g/mol. The normalized spacial score (nSPS) is 18.8. The van der Waals surface area contributed by atoms with Gasteiger partial charge in [0.05, 0.1) is 19.2 Å². The van der Waals surface area contributed by atoms with Crippen molar-refractivity contribution in [3.63, 3.8) is 0 Å². The smallest absolute Gasteiger partial charge is 0.258 e. The molecule has 0 spiro atoms. The van der Waals surface area contributed by atoms with E-state index in [9.17, 15) is 9.59 Å². The van der Waals surface area contributed by atoms with Crippen molar-refractivity contribution in [2.75, 3.05) is 37.4 Å². The van der Waals surface area contributed by atoms with Gasteiger partial charge in [-0.1, -0.05) is 27.2 Å². The summed E-state index contributed by atoms with van der Waals surface area (Å²) in [6.45, 7) is 9.17. The maximum absolute atomic E-state index is 13.5. The summed E-state index contributed by atoms with van der Waals surface area (Å²) >= 11 is 1.59. The molecule has 1 aliphatic carbocycles. The van der Waals surface area contributed by atoms with E-state index in [4.69, 9.17) is 4.74 Å². The molecule has 2 amide bonds. The molecule has 1 aliphatic heterocycles. The number of hydrogen-bond donors (Lipinski definition) is 2. The fraction of sp³-hybridized carbons (Fsp3) is 0.556. The Morgan fingerprint density at radius 3 is 2.44 bits per heavy atom. The number of rotatable bonds is 6. The van der Waals surface area contributed by atoms with Gasteiger partial charge in [0.15, 0.2) is 0 Å². The Bertz CT molecular complexity index is 1020. The van der Waals surface area contributed by atoms with Crippen molar-refractivity contribution in [2.24, 2.45) is 11.3 Å². The van der Waals surface area contributed by atoms with Gasteiger partial charge in [0.2, 0.25) is 5.91 Å². The van der Waals surface area contributed by atoms with Crippen LogP contribution in [0.4, 0.5) is 10.7 Å². The van der Waals surface area contributed by atoms with E-state index in [1.807, 2.05) is 24.3 Å². The standard InChI is InChI=1S/C27H37N3O3S/c1-27(2,3)18-8-13-21-22(16-18)34-26(29-23(31)17-30-14-6-5-7-15-30)24(21)25(32)28-19-9-11-20(33-4)12-10-19/h9-12,18H,5-8,13-17H2,1-4H3,(H,28,32)(H,29,31). The van der Waals surface area contributed by atoms with E-state index in [0.717, 1.165) is 56.5 Å². The number of piperidine rings is 1. The van der Waals surface area contributed by atoms with Crippen LogP contribution in [0.2, 0.25) is 0 Å². The summed E-state index contributed by atoms with van der Waals surface area (Å²) in [5.41, 5.74) is 2.66. The molecule has 2 heterocycles. The average Bonchev–Trinajstić information content (AvgIpc) is 3.16. The zero-order valence-corrected chi connectivity index (χ0v) is 21.6. The lowest BCUT2D eigenvalue weighted by Gasteiger charge is -2.33. The molecule has 0 saturated carbocycles. The minimum absolute atomic E-state index is 0.0358. The number of methoxy groups -OCH3 is 1. The molecule has 1 saturated heterocycles. The highest BCUT2D eigenvalue weighted by atomic mass is 32.1. The van der Waals surface area contributed by atoms with Gasteiger partial charge in [-0.15, -0.1) is 11.3 Å². The molecule has 4 rings (SSSR count). The number of nitrogens with one attached hydrogen (secondary N) is 2. The molecule has 2 N–H and O–H groups in total. The fourth-order valence-corrected chi connectivity index (χ4v) is 6.35. The third kappa shape index (κ3) is 5.81. The van der Waals surface area contributed by atoms with Crippen LogP contribution in [0, 0.1) is 11.3 Å². The first-order valence-electron chi connectivity index (χ1n) is 12.4. The minimum Gasteiger partial charge on any atom is -0.497 e. The van der Waals surface area contributed by atoms with Gasteiger partial charge < -0.3 is 15.4 Å². The zero-order chi connectivity index (χ0) is 24.3. The second-order valence-corrected chi connectivity index (χ2v) is 11.7. The number of amides is 2. The van der Waals surface area contributed by atoms with E-state index in [1.54, 1.807) is 18.4 Å². The molecule has 34 heavy (non-hydrogen) atoms. The van der Waals surface area contributed by atoms with Crippen molar-refractivity contribution >= 4 is 33.8 Å². The Hall–Kier alpha value is -2.38. The van der Waals surface area contributed by atoms with Crippen LogP contribution in [0.25, 0.3) is 0 Å². The predicted molar refractivity (Wildman–Crippen MR) is 139 cm³/mol. The molecule has 1 aromatic carbocycles. The number of carbonyl (C=O) groups is 2. The van der Waals surface area contributed by atoms with Gasteiger partial charge in [0, 0.05) is 10.6 Å². The average molecular weight is 484 g/mol. The lowest BCUT2D eigenvalue weighted by atomic mass is 9.72. The Morgan fingerprint density at radius 2 is 1.79 bits per heavy atom. The van der Waals surface area contributed by atoms with Crippen LogP contribution in [0.3, 0.4) is 0 Å². The van der Waals surface area contributed by atoms with Crippen LogP contribution in [0.1, 0.15) is 67.3 Å². The molecule has 2 aliphatic rings. The fourth-order valence-electron chi connectivity index (χ4n) is 5.01. The number of ether oxygens (including phenoxy) is 1. The van der Waals surface area contributed by atoms with Crippen LogP contribution in [-0.4, -0.2) is 43.5 Å². The van der Waals surface area contributed by atoms with Crippen molar-refractivity contribution in [1.29, 1.82) is 0 Å². The first-order valence-corrected chi connectivity index (χ1v) is 13.2. The highest BCUT2D eigenvalue weighted by Crippen LogP contribution is 2.44. The van der Waals surface area contributed by atoms with Gasteiger partial charge in [0.1, 0.15) is 10.8 Å². The van der Waals surface area contributed by atoms with E-state index in [2.05, 4.69) is 36.3 Å². The first kappa shape index (κ1) is 24.7. The lowest BCUT2D eigenvalue weighted by Crippen LogP contribution is -2.37. The Kier molecular flexibility index (Phi) is 7.63. The van der Waals surface area contributed by atoms with E-state index in [1.165, 1.54) is 11.3 Å². The van der Waals surface area contributed by atoms with Gasteiger partial charge in [0.25, 0.3) is 5.91 Å². The molecular formula is C27H37N3O3S. The third-order valence-electron chi connectivity index (χ3n) is 7.13. The van der Waals surface area contributed by atoms with Gasteiger partial charge in [-0.25, -0.2) is 0 Å². The van der Waals surface area contributed by atoms with Crippen LogP contribution in [-0.2, 0) is 17.6 Å². The number of anilines is 2. The van der Waals surface area contributed by atoms with Crippen molar-refractivity contribution in [3.8, 4) is 5.75 Å². The Morgan fingerprint density at radius 1 is 1.09 bits per heavy atom. The van der Waals surface area contributed by atoms with Gasteiger partial charge in [-0.05, 0) is 86.4 Å². The SMILES string of the molecule is COc1ccc(NC(=O)c2c(NC(=O)CN3CCCCC3)sc3c2CCC(C(C)(C)C)C3)cc1. The minimum atomic E-state index is -0.162. The van der Waals surface area contributed by atoms with Gasteiger partial charge >= 0.3 is 0 Å². The number of benzene rings is 1. The molecule has 7 heteroatoms. The first-order chi connectivity index (χ1) is 16.2. The maximum atomic E-state index is 13.5. The number of hydrogen-bond acceptors (Lipinski definition) is 5. The van der Waals surface area contributed by atoms with Crippen molar-refractivity contribution in [1.82, 2.24) is 4.90 Å². The van der Waals surface area contributed by atoms with E-state index >= 15 is 0 Å². The number of thiophene rings is 1. The van der Waals surface area contributed by atoms with Gasteiger partial charge in [-0.3, -0.25) is 14.5 Å². The van der Waals surface area contributed by atoms with Crippen LogP contribution < -0.4 is 15.4 Å². The predicted octanol–water partition coefficient (Wildman–Crippen LogP) is 5.58. The topological polar surface area (TPSA) is 70.7 Å². The van der Waals surface area contributed by atoms with E-state index in [-0.39, 0.29) is 17.2 Å². The molecule has 1 unspecified atom stereocenters. The Labute approximate surface area is 207 Å². The van der Waals surface area contributed by atoms with Crippen LogP contribution in [0.5, 0.6) is 5.75 Å². The maximum Gasteiger partial charge on any atom is 0.258 e. The molecule has 0 radical (unpaired) electrons. The molecule has 184 valence electrons.